The standard InChI is InChI=1S/C9H10NO2/c11-5-8-6-12-9(10-8)7-3-1-2-4-7/h1-4,8,11H,5-6H2/t8-/m1/s1. The van der Waals surface area contributed by atoms with Crippen LogP contribution in [0.3, 0.4) is 0 Å². The molecule has 1 aliphatic carbocycles. The van der Waals surface area contributed by atoms with Gasteiger partial charge in [0.25, 0.3) is 0 Å². The monoisotopic (exact) mass is 164 g/mol. The van der Waals surface area contributed by atoms with Gasteiger partial charge < -0.3 is 9.84 Å². The summed E-state index contributed by atoms with van der Waals surface area (Å²) in [5, 5.41) is 8.79. The third kappa shape index (κ3) is 1.46. The summed E-state index contributed by atoms with van der Waals surface area (Å²) in [5.41, 5.74) is 0. The van der Waals surface area contributed by atoms with Gasteiger partial charge in [0.1, 0.15) is 12.6 Å². The number of hydrogen-bond acceptors (Lipinski definition) is 3. The van der Waals surface area contributed by atoms with Crippen LogP contribution in [0.15, 0.2) is 4.99 Å². The van der Waals surface area contributed by atoms with Crippen molar-refractivity contribution in [2.75, 3.05) is 13.2 Å². The molecule has 1 fully saturated rings. The molecule has 1 aliphatic heterocycles. The summed E-state index contributed by atoms with van der Waals surface area (Å²) in [6, 6.07) is -0.0742. The third-order valence-corrected chi connectivity index (χ3v) is 1.83. The van der Waals surface area contributed by atoms with Gasteiger partial charge in [0, 0.05) is 0 Å². The van der Waals surface area contributed by atoms with Crippen molar-refractivity contribution < 1.29 is 9.84 Å². The number of aliphatic imine (C=N–C) groups is 1. The predicted octanol–water partition coefficient (Wildman–Crippen LogP) is 0.181. The van der Waals surface area contributed by atoms with Gasteiger partial charge in [0.2, 0.25) is 0 Å². The van der Waals surface area contributed by atoms with E-state index in [4.69, 9.17) is 9.84 Å². The molecule has 0 aromatic rings. The molecule has 0 amide bonds. The Morgan fingerprint density at radius 3 is 2.83 bits per heavy atom. The van der Waals surface area contributed by atoms with Crippen LogP contribution < -0.4 is 0 Å². The van der Waals surface area contributed by atoms with Gasteiger partial charge in [0.05, 0.1) is 12.5 Å². The van der Waals surface area contributed by atoms with Crippen molar-refractivity contribution in [2.24, 2.45) is 4.99 Å². The lowest BCUT2D eigenvalue weighted by atomic mass is 10.1. The molecule has 1 saturated carbocycles. The lowest BCUT2D eigenvalue weighted by Crippen LogP contribution is -2.11. The molecular formula is C9H10NO2. The highest BCUT2D eigenvalue weighted by atomic mass is 16.5. The van der Waals surface area contributed by atoms with Crippen LogP contribution in [0.2, 0.25) is 0 Å². The van der Waals surface area contributed by atoms with Gasteiger partial charge in [-0.2, -0.15) is 0 Å². The first-order valence-corrected chi connectivity index (χ1v) is 3.93. The van der Waals surface area contributed by atoms with Crippen LogP contribution in [-0.4, -0.2) is 30.3 Å². The minimum absolute atomic E-state index is 0.0597. The SMILES string of the molecule is OC[C@@H]1COC([C]2[CH][CH][CH][CH]2)=N1. The fraction of sp³-hybridized carbons (Fsp3) is 0.333. The van der Waals surface area contributed by atoms with Crippen molar-refractivity contribution in [3.05, 3.63) is 31.6 Å². The quantitative estimate of drug-likeness (QED) is 0.632. The summed E-state index contributed by atoms with van der Waals surface area (Å²) in [6.45, 7) is 0.557. The maximum atomic E-state index is 8.79. The first kappa shape index (κ1) is 8.05. The first-order chi connectivity index (χ1) is 5.90. The van der Waals surface area contributed by atoms with Crippen LogP contribution in [0.5, 0.6) is 0 Å². The minimum atomic E-state index is -0.0742. The van der Waals surface area contributed by atoms with Gasteiger partial charge in [0.15, 0.2) is 5.90 Å². The summed E-state index contributed by atoms with van der Waals surface area (Å²) in [4.78, 5) is 4.19. The van der Waals surface area contributed by atoms with E-state index in [1.54, 1.807) is 0 Å². The van der Waals surface area contributed by atoms with E-state index in [2.05, 4.69) is 4.99 Å². The third-order valence-electron chi connectivity index (χ3n) is 1.83. The van der Waals surface area contributed by atoms with E-state index in [1.807, 2.05) is 25.7 Å². The maximum absolute atomic E-state index is 8.79. The number of nitrogens with zero attached hydrogens (tertiary/aromatic N) is 1. The number of rotatable bonds is 2. The van der Waals surface area contributed by atoms with Gasteiger partial charge in [-0.25, -0.2) is 4.99 Å². The molecule has 0 unspecified atom stereocenters. The zero-order valence-corrected chi connectivity index (χ0v) is 6.60. The smallest absolute Gasteiger partial charge is 0.191 e. The van der Waals surface area contributed by atoms with Crippen LogP contribution in [-0.2, 0) is 4.74 Å². The van der Waals surface area contributed by atoms with E-state index < -0.39 is 0 Å². The van der Waals surface area contributed by atoms with Crippen molar-refractivity contribution in [1.82, 2.24) is 0 Å². The van der Waals surface area contributed by atoms with E-state index in [9.17, 15) is 0 Å². The molecule has 0 bridgehead atoms. The van der Waals surface area contributed by atoms with Crippen LogP contribution >= 0.6 is 0 Å². The molecule has 3 heteroatoms. The van der Waals surface area contributed by atoms with Crippen LogP contribution in [0.25, 0.3) is 0 Å². The average Bonchev–Trinajstić information content (AvgIpc) is 2.75. The molecule has 63 valence electrons. The van der Waals surface area contributed by atoms with E-state index in [1.165, 1.54) is 0 Å². The largest absolute Gasteiger partial charge is 0.478 e. The summed E-state index contributed by atoms with van der Waals surface area (Å²) in [6.07, 6.45) is 7.76. The highest BCUT2D eigenvalue weighted by Gasteiger charge is 2.28. The number of aliphatic hydroxyl groups excluding tert-OH is 1. The van der Waals surface area contributed by atoms with E-state index in [-0.39, 0.29) is 12.6 Å². The van der Waals surface area contributed by atoms with Crippen molar-refractivity contribution >= 4 is 5.90 Å². The van der Waals surface area contributed by atoms with Gasteiger partial charge in [-0.1, -0.05) is 0 Å². The van der Waals surface area contributed by atoms with Crippen molar-refractivity contribution in [3.63, 3.8) is 0 Å². The zero-order valence-electron chi connectivity index (χ0n) is 6.60. The first-order valence-electron chi connectivity index (χ1n) is 3.93. The highest BCUT2D eigenvalue weighted by Crippen LogP contribution is 2.27. The van der Waals surface area contributed by atoms with E-state index in [0.29, 0.717) is 12.5 Å². The number of hydrogen-bond donors (Lipinski definition) is 1. The second kappa shape index (κ2) is 3.44. The number of ether oxygens (including phenoxy) is 1. The molecule has 3 nitrogen and oxygen atoms in total. The van der Waals surface area contributed by atoms with Gasteiger partial charge in [-0.15, -0.1) is 0 Å². The normalized spacial score (nSPS) is 30.4. The molecule has 1 atom stereocenters. The van der Waals surface area contributed by atoms with Crippen molar-refractivity contribution in [3.8, 4) is 0 Å². The zero-order chi connectivity index (χ0) is 8.39. The Hall–Kier alpha value is -0.570. The van der Waals surface area contributed by atoms with Crippen LogP contribution in [0.4, 0.5) is 0 Å². The second-order valence-corrected chi connectivity index (χ2v) is 2.76. The summed E-state index contributed by atoms with van der Waals surface area (Å²) >= 11 is 0. The molecule has 5 radical (unpaired) electrons. The molecular weight excluding hydrogens is 154 g/mol. The fourth-order valence-electron chi connectivity index (χ4n) is 1.18. The summed E-state index contributed by atoms with van der Waals surface area (Å²) in [7, 11) is 0. The van der Waals surface area contributed by atoms with Crippen molar-refractivity contribution in [1.29, 1.82) is 0 Å². The van der Waals surface area contributed by atoms with Gasteiger partial charge >= 0.3 is 0 Å². The summed E-state index contributed by atoms with van der Waals surface area (Å²) in [5.74, 6) is 1.64. The Kier molecular flexibility index (Phi) is 2.30. The summed E-state index contributed by atoms with van der Waals surface area (Å²) < 4.78 is 5.29. The number of aliphatic hydroxyl groups is 1. The molecule has 12 heavy (non-hydrogen) atoms. The maximum Gasteiger partial charge on any atom is 0.191 e. The van der Waals surface area contributed by atoms with Crippen LogP contribution in [0.1, 0.15) is 0 Å². The topological polar surface area (TPSA) is 41.8 Å². The van der Waals surface area contributed by atoms with Gasteiger partial charge in [-0.05, 0) is 25.7 Å². The molecule has 0 aromatic heterocycles. The molecule has 0 spiro atoms. The molecule has 2 aliphatic rings. The Labute approximate surface area is 72.5 Å². The lowest BCUT2D eigenvalue weighted by Gasteiger charge is -2.05. The molecule has 1 heterocycles. The Bertz CT molecular complexity index is 185. The molecule has 1 N–H and O–H groups in total. The molecule has 0 aromatic carbocycles. The fourth-order valence-corrected chi connectivity index (χ4v) is 1.18. The Morgan fingerprint density at radius 2 is 2.25 bits per heavy atom. The Morgan fingerprint density at radius 1 is 1.50 bits per heavy atom. The lowest BCUT2D eigenvalue weighted by molar-refractivity contribution is 0.227. The Balaban J connectivity index is 1.95. The van der Waals surface area contributed by atoms with Gasteiger partial charge in [-0.3, -0.25) is 0 Å². The average molecular weight is 164 g/mol. The highest BCUT2D eigenvalue weighted by molar-refractivity contribution is 5.96. The predicted molar refractivity (Wildman–Crippen MR) is 44.7 cm³/mol. The van der Waals surface area contributed by atoms with Crippen molar-refractivity contribution in [2.45, 2.75) is 6.04 Å². The van der Waals surface area contributed by atoms with E-state index >= 15 is 0 Å². The molecule has 2 rings (SSSR count). The minimum Gasteiger partial charge on any atom is -0.478 e. The van der Waals surface area contributed by atoms with Crippen LogP contribution in [0, 0.1) is 31.6 Å². The molecule has 0 saturated heterocycles. The second-order valence-electron chi connectivity index (χ2n) is 2.76. The van der Waals surface area contributed by atoms with E-state index in [0.717, 1.165) is 5.92 Å².